The fourth-order valence-electron chi connectivity index (χ4n) is 2.25. The number of hydrogen-bond donors (Lipinski definition) is 2. The highest BCUT2D eigenvalue weighted by molar-refractivity contribution is 5.97. The second-order valence-electron chi connectivity index (χ2n) is 4.88. The average molecular weight is 288 g/mol. The first-order valence-electron chi connectivity index (χ1n) is 7.16. The molecule has 0 aliphatic carbocycles. The minimum absolute atomic E-state index is 0.178. The van der Waals surface area contributed by atoms with Crippen LogP contribution in [0.3, 0.4) is 0 Å². The van der Waals surface area contributed by atoms with Crippen molar-refractivity contribution in [1.82, 2.24) is 4.98 Å². The lowest BCUT2D eigenvalue weighted by Gasteiger charge is -2.11. The van der Waals surface area contributed by atoms with E-state index in [2.05, 4.69) is 17.2 Å². The maximum Gasteiger partial charge on any atom is 0.356 e. The normalized spacial score (nSPS) is 10.6. The van der Waals surface area contributed by atoms with Crippen LogP contribution in [-0.2, 0) is 4.74 Å². The van der Waals surface area contributed by atoms with Crippen LogP contribution in [0.5, 0.6) is 0 Å². The number of aromatic amines is 1. The van der Waals surface area contributed by atoms with Gasteiger partial charge in [0.05, 0.1) is 12.6 Å². The molecule has 0 spiro atoms. The van der Waals surface area contributed by atoms with Gasteiger partial charge in [0.15, 0.2) is 5.69 Å². The van der Waals surface area contributed by atoms with Crippen molar-refractivity contribution in [3.63, 3.8) is 0 Å². The smallest absolute Gasteiger partial charge is 0.356 e. The Kier molecular flexibility index (Phi) is 4.98. The summed E-state index contributed by atoms with van der Waals surface area (Å²) in [5, 5.41) is 3.64. The molecule has 2 aromatic rings. The summed E-state index contributed by atoms with van der Waals surface area (Å²) in [6.07, 6.45) is 3.12. The van der Waals surface area contributed by atoms with Crippen LogP contribution >= 0.6 is 0 Å². The summed E-state index contributed by atoms with van der Waals surface area (Å²) in [6, 6.07) is 7.13. The van der Waals surface area contributed by atoms with E-state index in [0.717, 1.165) is 19.3 Å². The van der Waals surface area contributed by atoms with Gasteiger partial charge < -0.3 is 15.0 Å². The molecule has 5 heteroatoms. The number of para-hydroxylation sites is 1. The Morgan fingerprint density at radius 2 is 2.05 bits per heavy atom. The number of ether oxygens (including phenoxy) is 1. The van der Waals surface area contributed by atoms with Crippen LogP contribution in [0, 0.1) is 0 Å². The number of nitrogens with one attached hydrogen (secondary N) is 2. The highest BCUT2D eigenvalue weighted by Gasteiger charge is 2.17. The van der Waals surface area contributed by atoms with Crippen molar-refractivity contribution < 1.29 is 9.53 Å². The predicted octanol–water partition coefficient (Wildman–Crippen LogP) is 2.92. The molecule has 0 amide bonds. The van der Waals surface area contributed by atoms with Crippen molar-refractivity contribution in [3.8, 4) is 0 Å². The van der Waals surface area contributed by atoms with Gasteiger partial charge in [-0.15, -0.1) is 0 Å². The lowest BCUT2D eigenvalue weighted by atomic mass is 10.1. The lowest BCUT2D eigenvalue weighted by molar-refractivity contribution is 0.0595. The molecule has 0 saturated carbocycles. The average Bonchev–Trinajstić information content (AvgIpc) is 2.52. The SMILES string of the molecule is CCCCCNc1c(C(=O)OC)[nH]c2ccccc2c1=O. The van der Waals surface area contributed by atoms with Gasteiger partial charge in [-0.05, 0) is 18.6 Å². The number of benzene rings is 1. The van der Waals surface area contributed by atoms with Gasteiger partial charge in [-0.25, -0.2) is 4.79 Å². The molecule has 0 aliphatic rings. The molecule has 0 fully saturated rings. The molecule has 1 heterocycles. The van der Waals surface area contributed by atoms with Crippen LogP contribution in [0.1, 0.15) is 36.7 Å². The topological polar surface area (TPSA) is 71.2 Å². The molecule has 112 valence electrons. The fourth-order valence-corrected chi connectivity index (χ4v) is 2.25. The maximum absolute atomic E-state index is 12.5. The lowest BCUT2D eigenvalue weighted by Crippen LogP contribution is -2.20. The molecule has 0 aliphatic heterocycles. The third-order valence-electron chi connectivity index (χ3n) is 3.38. The first-order chi connectivity index (χ1) is 10.2. The van der Waals surface area contributed by atoms with Gasteiger partial charge in [-0.1, -0.05) is 31.9 Å². The number of aromatic nitrogens is 1. The van der Waals surface area contributed by atoms with Crippen LogP contribution in [0.4, 0.5) is 5.69 Å². The summed E-state index contributed by atoms with van der Waals surface area (Å²) in [7, 11) is 1.30. The van der Waals surface area contributed by atoms with Gasteiger partial charge >= 0.3 is 5.97 Å². The highest BCUT2D eigenvalue weighted by atomic mass is 16.5. The van der Waals surface area contributed by atoms with E-state index in [0.29, 0.717) is 17.4 Å². The number of carbonyl (C=O) groups is 1. The minimum Gasteiger partial charge on any atom is -0.464 e. The summed E-state index contributed by atoms with van der Waals surface area (Å²) in [5.41, 5.74) is 0.914. The molecule has 0 unspecified atom stereocenters. The number of carbonyl (C=O) groups excluding carboxylic acids is 1. The van der Waals surface area contributed by atoms with Gasteiger partial charge in [-0.3, -0.25) is 4.79 Å². The van der Waals surface area contributed by atoms with E-state index in [4.69, 9.17) is 4.74 Å². The molecule has 0 saturated heterocycles. The number of unbranched alkanes of at least 4 members (excludes halogenated alkanes) is 2. The van der Waals surface area contributed by atoms with E-state index in [9.17, 15) is 9.59 Å². The molecule has 0 bridgehead atoms. The van der Waals surface area contributed by atoms with E-state index < -0.39 is 5.97 Å². The van der Waals surface area contributed by atoms with Gasteiger partial charge in [-0.2, -0.15) is 0 Å². The highest BCUT2D eigenvalue weighted by Crippen LogP contribution is 2.16. The van der Waals surface area contributed by atoms with E-state index in [-0.39, 0.29) is 16.8 Å². The quantitative estimate of drug-likeness (QED) is 0.633. The van der Waals surface area contributed by atoms with Gasteiger partial charge in [0.25, 0.3) is 0 Å². The second-order valence-corrected chi connectivity index (χ2v) is 4.88. The van der Waals surface area contributed by atoms with E-state index in [1.807, 2.05) is 6.07 Å². The number of hydrogen-bond acceptors (Lipinski definition) is 4. The molecule has 2 rings (SSSR count). The van der Waals surface area contributed by atoms with E-state index in [1.165, 1.54) is 7.11 Å². The number of anilines is 1. The molecule has 1 aromatic heterocycles. The number of rotatable bonds is 6. The zero-order valence-electron chi connectivity index (χ0n) is 12.4. The summed E-state index contributed by atoms with van der Waals surface area (Å²) in [5.74, 6) is -0.546. The number of methoxy groups -OCH3 is 1. The molecule has 5 nitrogen and oxygen atoms in total. The van der Waals surface area contributed by atoms with Crippen molar-refractivity contribution >= 4 is 22.6 Å². The van der Waals surface area contributed by atoms with Crippen LogP contribution < -0.4 is 10.7 Å². The zero-order chi connectivity index (χ0) is 15.2. The standard InChI is InChI=1S/C16H20N2O3/c1-3-4-7-10-17-13-14(16(20)21-2)18-12-9-6-5-8-11(12)15(13)19/h5-6,8-9,17H,3-4,7,10H2,1-2H3,(H,18,19). The maximum atomic E-state index is 12.5. The Morgan fingerprint density at radius 3 is 2.76 bits per heavy atom. The Hall–Kier alpha value is -2.30. The number of fused-ring (bicyclic) bond motifs is 1. The third-order valence-corrected chi connectivity index (χ3v) is 3.38. The van der Waals surface area contributed by atoms with Crippen molar-refractivity contribution in [2.24, 2.45) is 0 Å². The van der Waals surface area contributed by atoms with E-state index >= 15 is 0 Å². The van der Waals surface area contributed by atoms with Crippen LogP contribution in [-0.4, -0.2) is 24.6 Å². The fraction of sp³-hybridized carbons (Fsp3) is 0.375. The number of pyridine rings is 1. The first-order valence-corrected chi connectivity index (χ1v) is 7.16. The van der Waals surface area contributed by atoms with Crippen molar-refractivity contribution in [2.75, 3.05) is 19.0 Å². The Morgan fingerprint density at radius 1 is 1.29 bits per heavy atom. The second kappa shape index (κ2) is 6.92. The van der Waals surface area contributed by atoms with Gasteiger partial charge in [0.2, 0.25) is 5.43 Å². The van der Waals surface area contributed by atoms with E-state index in [1.54, 1.807) is 18.2 Å². The van der Waals surface area contributed by atoms with Crippen molar-refractivity contribution in [1.29, 1.82) is 0 Å². The summed E-state index contributed by atoms with van der Waals surface area (Å²) in [4.78, 5) is 27.4. The third kappa shape index (κ3) is 3.24. The Bertz CT molecular complexity index is 691. The molecule has 21 heavy (non-hydrogen) atoms. The summed E-state index contributed by atoms with van der Waals surface area (Å²) < 4.78 is 4.76. The van der Waals surface area contributed by atoms with Gasteiger partial charge in [0, 0.05) is 11.9 Å². The predicted molar refractivity (Wildman–Crippen MR) is 83.9 cm³/mol. The zero-order valence-corrected chi connectivity index (χ0v) is 12.4. The monoisotopic (exact) mass is 288 g/mol. The molecule has 0 atom stereocenters. The largest absolute Gasteiger partial charge is 0.464 e. The summed E-state index contributed by atoms with van der Waals surface area (Å²) >= 11 is 0. The number of esters is 1. The molecular formula is C16H20N2O3. The van der Waals surface area contributed by atoms with Crippen LogP contribution in [0.25, 0.3) is 10.9 Å². The van der Waals surface area contributed by atoms with Crippen molar-refractivity contribution in [3.05, 3.63) is 40.2 Å². The van der Waals surface area contributed by atoms with Crippen molar-refractivity contribution in [2.45, 2.75) is 26.2 Å². The molecule has 2 N–H and O–H groups in total. The first kappa shape index (κ1) is 15.1. The van der Waals surface area contributed by atoms with Crippen LogP contribution in [0.2, 0.25) is 0 Å². The molecule has 0 radical (unpaired) electrons. The Labute approximate surface area is 123 Å². The minimum atomic E-state index is -0.546. The molecule has 1 aromatic carbocycles. The summed E-state index contributed by atoms with van der Waals surface area (Å²) in [6.45, 7) is 2.77. The Balaban J connectivity index is 2.46. The van der Waals surface area contributed by atoms with Gasteiger partial charge in [0.1, 0.15) is 5.69 Å². The molecular weight excluding hydrogens is 268 g/mol. The van der Waals surface area contributed by atoms with Crippen LogP contribution in [0.15, 0.2) is 29.1 Å². The number of H-pyrrole nitrogens is 1.